The Morgan fingerprint density at radius 2 is 1.89 bits per heavy atom. The van der Waals surface area contributed by atoms with Crippen molar-refractivity contribution < 1.29 is 9.53 Å². The predicted octanol–water partition coefficient (Wildman–Crippen LogP) is 5.34. The molecule has 0 spiro atoms. The average Bonchev–Trinajstić information content (AvgIpc) is 3.02. The number of hydrogen-bond donors (Lipinski definition) is 1. The molecule has 4 nitrogen and oxygen atoms in total. The number of thiocarbonyl (C=S) groups is 1. The maximum absolute atomic E-state index is 12.6. The van der Waals surface area contributed by atoms with Crippen LogP contribution >= 0.6 is 23.6 Å². The van der Waals surface area contributed by atoms with E-state index < -0.39 is 0 Å². The summed E-state index contributed by atoms with van der Waals surface area (Å²) in [6.45, 7) is 0.890. The number of rotatable bonds is 2. The molecule has 28 heavy (non-hydrogen) atoms. The molecule has 2 heterocycles. The van der Waals surface area contributed by atoms with E-state index in [9.17, 15) is 4.79 Å². The summed E-state index contributed by atoms with van der Waals surface area (Å²) in [5.41, 5.74) is 4.35. The number of aryl methyl sites for hydroxylation is 2. The number of esters is 1. The van der Waals surface area contributed by atoms with E-state index in [0.717, 1.165) is 43.6 Å². The van der Waals surface area contributed by atoms with Crippen molar-refractivity contribution >= 4 is 45.3 Å². The Balaban J connectivity index is 1.65. The standard InChI is InChI=1S/C22H26N2O2S2/c1-26-21(25)19-16-11-4-2-3-5-13-18(16)28-20(19)23-22(27)24-14-8-10-15-9-6-7-12-17(15)24/h6-7,9,12H,2-5,8,10-11,13-14H2,1H3,(H,23,27). The first kappa shape index (κ1) is 19.4. The quantitative estimate of drug-likeness (QED) is 0.530. The zero-order valence-corrected chi connectivity index (χ0v) is 17.9. The lowest BCUT2D eigenvalue weighted by Crippen LogP contribution is -2.38. The highest BCUT2D eigenvalue weighted by atomic mass is 32.1. The smallest absolute Gasteiger partial charge is 0.341 e. The number of fused-ring (bicyclic) bond motifs is 2. The molecule has 2 aliphatic rings. The van der Waals surface area contributed by atoms with Crippen LogP contribution in [0.25, 0.3) is 0 Å². The Bertz CT molecular complexity index is 891. The third kappa shape index (κ3) is 3.80. The molecule has 0 bridgehead atoms. The molecule has 0 saturated heterocycles. The first-order valence-electron chi connectivity index (χ1n) is 10.1. The van der Waals surface area contributed by atoms with Crippen LogP contribution in [0.2, 0.25) is 0 Å². The Morgan fingerprint density at radius 3 is 2.71 bits per heavy atom. The molecule has 6 heteroatoms. The van der Waals surface area contributed by atoms with Crippen molar-refractivity contribution in [2.24, 2.45) is 0 Å². The minimum absolute atomic E-state index is 0.262. The second-order valence-electron chi connectivity index (χ2n) is 7.43. The summed E-state index contributed by atoms with van der Waals surface area (Å²) >= 11 is 7.45. The second-order valence-corrected chi connectivity index (χ2v) is 8.92. The first-order valence-corrected chi connectivity index (χ1v) is 11.3. The molecular formula is C22H26N2O2S2. The van der Waals surface area contributed by atoms with Gasteiger partial charge in [0, 0.05) is 17.1 Å². The van der Waals surface area contributed by atoms with Gasteiger partial charge in [-0.05, 0) is 67.9 Å². The number of carbonyl (C=O) groups is 1. The number of para-hydroxylation sites is 1. The van der Waals surface area contributed by atoms with E-state index in [-0.39, 0.29) is 5.97 Å². The number of benzene rings is 1. The zero-order valence-electron chi connectivity index (χ0n) is 16.3. The van der Waals surface area contributed by atoms with Gasteiger partial charge in [-0.2, -0.15) is 0 Å². The number of methoxy groups -OCH3 is 1. The SMILES string of the molecule is COC(=O)c1c(NC(=S)N2CCCc3ccccc32)sc2c1CCCCCC2. The third-order valence-electron chi connectivity index (χ3n) is 5.64. The van der Waals surface area contributed by atoms with Gasteiger partial charge in [0.15, 0.2) is 5.11 Å². The van der Waals surface area contributed by atoms with E-state index >= 15 is 0 Å². The molecule has 0 unspecified atom stereocenters. The van der Waals surface area contributed by atoms with E-state index in [0.29, 0.717) is 10.7 Å². The molecule has 1 N–H and O–H groups in total. The van der Waals surface area contributed by atoms with Gasteiger partial charge in [-0.15, -0.1) is 11.3 Å². The van der Waals surface area contributed by atoms with Crippen molar-refractivity contribution in [3.8, 4) is 0 Å². The number of nitrogens with zero attached hydrogens (tertiary/aromatic N) is 1. The van der Waals surface area contributed by atoms with Crippen molar-refractivity contribution in [3.63, 3.8) is 0 Å². The zero-order chi connectivity index (χ0) is 19.5. The van der Waals surface area contributed by atoms with Crippen LogP contribution in [0.1, 0.15) is 58.5 Å². The molecule has 0 saturated carbocycles. The first-order chi connectivity index (χ1) is 13.7. The lowest BCUT2D eigenvalue weighted by Gasteiger charge is -2.31. The fourth-order valence-electron chi connectivity index (χ4n) is 4.23. The molecule has 1 aromatic carbocycles. The summed E-state index contributed by atoms with van der Waals surface area (Å²) in [6, 6.07) is 8.42. The summed E-state index contributed by atoms with van der Waals surface area (Å²) in [5, 5.41) is 4.91. The fraction of sp³-hybridized carbons (Fsp3) is 0.455. The number of hydrogen-bond acceptors (Lipinski definition) is 4. The van der Waals surface area contributed by atoms with Gasteiger partial charge in [0.25, 0.3) is 0 Å². The van der Waals surface area contributed by atoms with Gasteiger partial charge in [0.05, 0.1) is 12.7 Å². The van der Waals surface area contributed by atoms with Crippen LogP contribution in [0.3, 0.4) is 0 Å². The molecule has 0 fully saturated rings. The summed E-state index contributed by atoms with van der Waals surface area (Å²) < 4.78 is 5.13. The highest BCUT2D eigenvalue weighted by Crippen LogP contribution is 2.38. The number of nitrogens with one attached hydrogen (secondary N) is 1. The Hall–Kier alpha value is -1.92. The summed E-state index contributed by atoms with van der Waals surface area (Å²) in [5.74, 6) is -0.262. The lowest BCUT2D eigenvalue weighted by atomic mass is 9.96. The molecule has 4 rings (SSSR count). The summed E-state index contributed by atoms with van der Waals surface area (Å²) in [6.07, 6.45) is 8.91. The van der Waals surface area contributed by atoms with Gasteiger partial charge in [0.1, 0.15) is 5.00 Å². The number of anilines is 2. The summed E-state index contributed by atoms with van der Waals surface area (Å²) in [7, 11) is 1.46. The van der Waals surface area contributed by atoms with Crippen LogP contribution in [0.15, 0.2) is 24.3 Å². The van der Waals surface area contributed by atoms with Crippen molar-refractivity contribution in [2.45, 2.75) is 51.4 Å². The van der Waals surface area contributed by atoms with E-state index in [1.54, 1.807) is 11.3 Å². The number of carbonyl (C=O) groups excluding carboxylic acids is 1. The van der Waals surface area contributed by atoms with Crippen LogP contribution in [0.4, 0.5) is 10.7 Å². The minimum Gasteiger partial charge on any atom is -0.465 e. The molecule has 1 aromatic heterocycles. The van der Waals surface area contributed by atoms with Gasteiger partial charge >= 0.3 is 5.97 Å². The van der Waals surface area contributed by atoms with Gasteiger partial charge in [-0.3, -0.25) is 0 Å². The Kier molecular flexibility index (Phi) is 5.97. The normalized spacial score (nSPS) is 16.4. The number of ether oxygens (including phenoxy) is 1. The van der Waals surface area contributed by atoms with E-state index in [4.69, 9.17) is 17.0 Å². The molecule has 0 amide bonds. The van der Waals surface area contributed by atoms with Gasteiger partial charge < -0.3 is 15.0 Å². The van der Waals surface area contributed by atoms with Crippen LogP contribution in [0, 0.1) is 0 Å². The Labute approximate surface area is 175 Å². The minimum atomic E-state index is -0.262. The third-order valence-corrected chi connectivity index (χ3v) is 7.17. The molecule has 2 aromatic rings. The van der Waals surface area contributed by atoms with Crippen molar-refractivity contribution in [1.82, 2.24) is 0 Å². The number of thiophene rings is 1. The molecule has 1 aliphatic carbocycles. The van der Waals surface area contributed by atoms with Crippen molar-refractivity contribution in [1.29, 1.82) is 0 Å². The fourth-order valence-corrected chi connectivity index (χ4v) is 5.87. The van der Waals surface area contributed by atoms with Crippen LogP contribution in [0.5, 0.6) is 0 Å². The van der Waals surface area contributed by atoms with E-state index in [2.05, 4.69) is 34.5 Å². The lowest BCUT2D eigenvalue weighted by molar-refractivity contribution is 0.0601. The summed E-state index contributed by atoms with van der Waals surface area (Å²) in [4.78, 5) is 16.1. The predicted molar refractivity (Wildman–Crippen MR) is 120 cm³/mol. The van der Waals surface area contributed by atoms with Gasteiger partial charge in [-0.25, -0.2) is 4.79 Å². The monoisotopic (exact) mass is 414 g/mol. The highest BCUT2D eigenvalue weighted by molar-refractivity contribution is 7.80. The second kappa shape index (κ2) is 8.62. The largest absolute Gasteiger partial charge is 0.465 e. The molecule has 0 atom stereocenters. The Morgan fingerprint density at radius 1 is 1.11 bits per heavy atom. The topological polar surface area (TPSA) is 41.6 Å². The molecular weight excluding hydrogens is 388 g/mol. The van der Waals surface area contributed by atoms with Crippen LogP contribution < -0.4 is 10.2 Å². The average molecular weight is 415 g/mol. The molecule has 148 valence electrons. The highest BCUT2D eigenvalue weighted by Gasteiger charge is 2.27. The van der Waals surface area contributed by atoms with E-state index in [1.165, 1.54) is 48.1 Å². The molecule has 1 aliphatic heterocycles. The maximum Gasteiger partial charge on any atom is 0.341 e. The van der Waals surface area contributed by atoms with E-state index in [1.807, 2.05) is 0 Å². The van der Waals surface area contributed by atoms with Crippen LogP contribution in [-0.2, 0) is 24.0 Å². The molecule has 0 radical (unpaired) electrons. The maximum atomic E-state index is 12.6. The van der Waals surface area contributed by atoms with Gasteiger partial charge in [0.2, 0.25) is 0 Å². The van der Waals surface area contributed by atoms with Crippen LogP contribution in [-0.4, -0.2) is 24.7 Å². The van der Waals surface area contributed by atoms with Crippen molar-refractivity contribution in [2.75, 3.05) is 23.9 Å². The van der Waals surface area contributed by atoms with Gasteiger partial charge in [-0.1, -0.05) is 31.0 Å². The van der Waals surface area contributed by atoms with Crippen molar-refractivity contribution in [3.05, 3.63) is 45.8 Å².